The van der Waals surface area contributed by atoms with Crippen molar-refractivity contribution in [3.05, 3.63) is 35.4 Å². The molecule has 2 N–H and O–H groups in total. The summed E-state index contributed by atoms with van der Waals surface area (Å²) in [6.07, 6.45) is 0. The number of hydrogen-bond acceptors (Lipinski definition) is 3. The van der Waals surface area contributed by atoms with E-state index < -0.39 is 0 Å². The molecule has 1 aliphatic rings. The van der Waals surface area contributed by atoms with Gasteiger partial charge in [-0.05, 0) is 36.6 Å². The monoisotopic (exact) mass is 353 g/mol. The van der Waals surface area contributed by atoms with Gasteiger partial charge in [0.15, 0.2) is 0 Å². The van der Waals surface area contributed by atoms with Crippen LogP contribution in [0.1, 0.15) is 48.4 Å². The lowest BCUT2D eigenvalue weighted by atomic mass is 9.97. The van der Waals surface area contributed by atoms with Crippen molar-refractivity contribution in [1.82, 2.24) is 15.5 Å². The van der Waals surface area contributed by atoms with Gasteiger partial charge in [-0.25, -0.2) is 0 Å². The summed E-state index contributed by atoms with van der Waals surface area (Å²) in [7, 11) is 0. The first kappa shape index (κ1) is 20.5. The normalized spacial score (nSPS) is 17.8. The molecule has 5 nitrogen and oxygen atoms in total. The number of carbonyl (C=O) groups is 2. The van der Waals surface area contributed by atoms with Gasteiger partial charge in [0.1, 0.15) is 0 Å². The molecule has 1 fully saturated rings. The predicted octanol–water partition coefficient (Wildman–Crippen LogP) is 2.32. The summed E-state index contributed by atoms with van der Waals surface area (Å²) < 4.78 is 0. The molecule has 1 unspecified atom stereocenters. The molecule has 134 valence electrons. The van der Waals surface area contributed by atoms with Crippen LogP contribution in [0, 0.1) is 5.41 Å². The van der Waals surface area contributed by atoms with Gasteiger partial charge in [0.2, 0.25) is 0 Å². The Morgan fingerprint density at radius 1 is 1.21 bits per heavy atom. The maximum atomic E-state index is 12.5. The minimum atomic E-state index is -0.102. The largest absolute Gasteiger partial charge is 0.352 e. The molecule has 0 spiro atoms. The van der Waals surface area contributed by atoms with Crippen molar-refractivity contribution < 1.29 is 9.59 Å². The van der Waals surface area contributed by atoms with Gasteiger partial charge in [-0.1, -0.05) is 20.8 Å². The van der Waals surface area contributed by atoms with Crippen LogP contribution >= 0.6 is 12.4 Å². The van der Waals surface area contributed by atoms with Gasteiger partial charge >= 0.3 is 0 Å². The summed E-state index contributed by atoms with van der Waals surface area (Å²) in [4.78, 5) is 26.5. The summed E-state index contributed by atoms with van der Waals surface area (Å²) in [5, 5.41) is 6.19. The third kappa shape index (κ3) is 5.49. The van der Waals surface area contributed by atoms with Gasteiger partial charge < -0.3 is 15.5 Å². The molecule has 24 heavy (non-hydrogen) atoms. The molecular weight excluding hydrogens is 326 g/mol. The van der Waals surface area contributed by atoms with Gasteiger partial charge in [0.25, 0.3) is 11.8 Å². The van der Waals surface area contributed by atoms with Crippen LogP contribution in [-0.2, 0) is 0 Å². The van der Waals surface area contributed by atoms with Crippen LogP contribution in [0.4, 0.5) is 0 Å². The first-order valence-corrected chi connectivity index (χ1v) is 8.18. The molecule has 0 saturated carbocycles. The lowest BCUT2D eigenvalue weighted by molar-refractivity contribution is 0.0655. The Morgan fingerprint density at radius 2 is 1.79 bits per heavy atom. The second kappa shape index (κ2) is 8.49. The number of nitrogens with zero attached hydrogens (tertiary/aromatic N) is 1. The van der Waals surface area contributed by atoms with Gasteiger partial charge in [-0.3, -0.25) is 9.59 Å². The molecule has 6 heteroatoms. The maximum absolute atomic E-state index is 12.5. The van der Waals surface area contributed by atoms with E-state index in [1.807, 2.05) is 11.8 Å². The van der Waals surface area contributed by atoms with Crippen molar-refractivity contribution in [3.8, 4) is 0 Å². The van der Waals surface area contributed by atoms with E-state index in [0.717, 1.165) is 13.1 Å². The summed E-state index contributed by atoms with van der Waals surface area (Å²) in [5.74, 6) is -0.0740. The number of nitrogens with one attached hydrogen (secondary N) is 2. The van der Waals surface area contributed by atoms with Crippen LogP contribution < -0.4 is 10.6 Å². The van der Waals surface area contributed by atoms with Gasteiger partial charge in [-0.2, -0.15) is 0 Å². The molecule has 0 bridgehead atoms. The minimum absolute atomic E-state index is 0. The van der Waals surface area contributed by atoms with Crippen molar-refractivity contribution in [2.45, 2.75) is 33.7 Å². The molecular formula is C18H28ClN3O2. The van der Waals surface area contributed by atoms with Crippen molar-refractivity contribution in [2.75, 3.05) is 26.2 Å². The number of halogens is 1. The van der Waals surface area contributed by atoms with E-state index in [1.165, 1.54) is 0 Å². The number of amides is 2. The standard InChI is InChI=1S/C18H27N3O2.ClH/c1-13-11-19-9-10-21(13)17(23)15-7-5-14(6-8-15)16(22)20-12-18(2,3)4;/h5-8,13,19H,9-12H2,1-4H3,(H,20,22);1H. The van der Waals surface area contributed by atoms with Gasteiger partial charge in [0.05, 0.1) is 0 Å². The second-order valence-corrected chi connectivity index (χ2v) is 7.37. The number of piperazine rings is 1. The van der Waals surface area contributed by atoms with Crippen molar-refractivity contribution >= 4 is 24.2 Å². The van der Waals surface area contributed by atoms with E-state index in [-0.39, 0.29) is 35.7 Å². The van der Waals surface area contributed by atoms with Crippen LogP contribution in [0.15, 0.2) is 24.3 Å². The Morgan fingerprint density at radius 3 is 2.33 bits per heavy atom. The zero-order chi connectivity index (χ0) is 17.0. The molecule has 0 aromatic heterocycles. The zero-order valence-electron chi connectivity index (χ0n) is 14.9. The third-order valence-electron chi connectivity index (χ3n) is 3.94. The zero-order valence-corrected chi connectivity index (χ0v) is 15.7. The summed E-state index contributed by atoms with van der Waals surface area (Å²) in [6.45, 7) is 11.2. The van der Waals surface area contributed by atoms with Crippen LogP contribution in [0.25, 0.3) is 0 Å². The average molecular weight is 354 g/mol. The van der Waals surface area contributed by atoms with Crippen LogP contribution in [-0.4, -0.2) is 48.9 Å². The Kier molecular flexibility index (Phi) is 7.24. The van der Waals surface area contributed by atoms with E-state index in [2.05, 4.69) is 31.4 Å². The fourth-order valence-corrected chi connectivity index (χ4v) is 2.52. The second-order valence-electron chi connectivity index (χ2n) is 7.37. The number of rotatable bonds is 3. The summed E-state index contributed by atoms with van der Waals surface area (Å²) in [6, 6.07) is 7.11. The molecule has 0 aliphatic carbocycles. The van der Waals surface area contributed by atoms with Crippen LogP contribution in [0.3, 0.4) is 0 Å². The Hall–Kier alpha value is -1.59. The Labute approximate surface area is 150 Å². The quantitative estimate of drug-likeness (QED) is 0.876. The van der Waals surface area contributed by atoms with Crippen LogP contribution in [0.5, 0.6) is 0 Å². The van der Waals surface area contributed by atoms with Crippen molar-refractivity contribution in [1.29, 1.82) is 0 Å². The Balaban J connectivity index is 0.00000288. The topological polar surface area (TPSA) is 61.4 Å². The lowest BCUT2D eigenvalue weighted by Gasteiger charge is -2.34. The SMILES string of the molecule is CC1CNCCN1C(=O)c1ccc(C(=O)NCC(C)(C)C)cc1.Cl. The summed E-state index contributed by atoms with van der Waals surface area (Å²) >= 11 is 0. The molecule has 1 aromatic carbocycles. The highest BCUT2D eigenvalue weighted by molar-refractivity contribution is 5.98. The van der Waals surface area contributed by atoms with Gasteiger partial charge in [0, 0.05) is 43.3 Å². The first-order valence-electron chi connectivity index (χ1n) is 8.18. The molecule has 1 aromatic rings. The van der Waals surface area contributed by atoms with E-state index in [4.69, 9.17) is 0 Å². The average Bonchev–Trinajstić information content (AvgIpc) is 2.52. The smallest absolute Gasteiger partial charge is 0.254 e. The molecule has 0 radical (unpaired) electrons. The van der Waals surface area contributed by atoms with E-state index in [1.54, 1.807) is 24.3 Å². The molecule has 1 aliphatic heterocycles. The third-order valence-corrected chi connectivity index (χ3v) is 3.94. The highest BCUT2D eigenvalue weighted by atomic mass is 35.5. The first-order chi connectivity index (χ1) is 10.8. The fraction of sp³-hybridized carbons (Fsp3) is 0.556. The minimum Gasteiger partial charge on any atom is -0.352 e. The number of benzene rings is 1. The fourth-order valence-electron chi connectivity index (χ4n) is 2.52. The predicted molar refractivity (Wildman–Crippen MR) is 98.8 cm³/mol. The molecule has 1 heterocycles. The van der Waals surface area contributed by atoms with Gasteiger partial charge in [-0.15, -0.1) is 12.4 Å². The summed E-state index contributed by atoms with van der Waals surface area (Å²) in [5.41, 5.74) is 1.26. The van der Waals surface area contributed by atoms with Crippen LogP contribution in [0.2, 0.25) is 0 Å². The highest BCUT2D eigenvalue weighted by Crippen LogP contribution is 2.13. The highest BCUT2D eigenvalue weighted by Gasteiger charge is 2.24. The van der Waals surface area contributed by atoms with E-state index >= 15 is 0 Å². The van der Waals surface area contributed by atoms with E-state index in [9.17, 15) is 9.59 Å². The molecule has 2 amide bonds. The molecule has 1 atom stereocenters. The number of carbonyl (C=O) groups excluding carboxylic acids is 2. The Bertz CT molecular complexity index is 567. The number of hydrogen-bond donors (Lipinski definition) is 2. The van der Waals surface area contributed by atoms with Crippen molar-refractivity contribution in [3.63, 3.8) is 0 Å². The maximum Gasteiger partial charge on any atom is 0.254 e. The lowest BCUT2D eigenvalue weighted by Crippen LogP contribution is -2.52. The molecule has 2 rings (SSSR count). The van der Waals surface area contributed by atoms with Crippen molar-refractivity contribution in [2.24, 2.45) is 5.41 Å². The van der Waals surface area contributed by atoms with E-state index in [0.29, 0.717) is 24.2 Å². The molecule has 1 saturated heterocycles.